The first-order valence-corrected chi connectivity index (χ1v) is 7.68. The van der Waals surface area contributed by atoms with Gasteiger partial charge in [-0.05, 0) is 56.2 Å². The van der Waals surface area contributed by atoms with Gasteiger partial charge in [-0.25, -0.2) is 0 Å². The van der Waals surface area contributed by atoms with Crippen molar-refractivity contribution >= 4 is 5.91 Å². The molecule has 0 aromatic heterocycles. The van der Waals surface area contributed by atoms with E-state index in [-0.39, 0.29) is 5.91 Å². The van der Waals surface area contributed by atoms with Crippen molar-refractivity contribution in [3.05, 3.63) is 34.9 Å². The number of carbonyl (C=O) groups is 1. The minimum Gasteiger partial charge on any atom is -0.352 e. The fourth-order valence-corrected chi connectivity index (χ4v) is 3.35. The standard InChI is InChI=1S/C17H26N2O/c1-12-6-5-7-13(2)16(12)17(20)19-11-15-9-4-3-8-14(15)10-18/h5-7,14-15H,3-4,8-11,18H2,1-2H3,(H,19,20). The molecule has 3 N–H and O–H groups in total. The summed E-state index contributed by atoms with van der Waals surface area (Å²) in [7, 11) is 0. The molecule has 3 nitrogen and oxygen atoms in total. The maximum Gasteiger partial charge on any atom is 0.251 e. The summed E-state index contributed by atoms with van der Waals surface area (Å²) in [6, 6.07) is 5.98. The molecule has 0 spiro atoms. The number of nitrogens with one attached hydrogen (secondary N) is 1. The third-order valence-corrected chi connectivity index (χ3v) is 4.60. The van der Waals surface area contributed by atoms with E-state index in [1.165, 1.54) is 25.7 Å². The fraction of sp³-hybridized carbons (Fsp3) is 0.588. The first kappa shape index (κ1) is 15.0. The van der Waals surface area contributed by atoms with Crippen LogP contribution in [0, 0.1) is 25.7 Å². The third-order valence-electron chi connectivity index (χ3n) is 4.60. The van der Waals surface area contributed by atoms with Gasteiger partial charge >= 0.3 is 0 Å². The summed E-state index contributed by atoms with van der Waals surface area (Å²) >= 11 is 0. The SMILES string of the molecule is Cc1cccc(C)c1C(=O)NCC1CCCCC1CN. The number of rotatable bonds is 4. The summed E-state index contributed by atoms with van der Waals surface area (Å²) in [4.78, 5) is 12.4. The predicted molar refractivity (Wildman–Crippen MR) is 82.8 cm³/mol. The highest BCUT2D eigenvalue weighted by atomic mass is 16.1. The van der Waals surface area contributed by atoms with E-state index >= 15 is 0 Å². The summed E-state index contributed by atoms with van der Waals surface area (Å²) in [5, 5.41) is 3.12. The van der Waals surface area contributed by atoms with Crippen molar-refractivity contribution in [3.8, 4) is 0 Å². The van der Waals surface area contributed by atoms with Gasteiger partial charge in [-0.2, -0.15) is 0 Å². The molecule has 110 valence electrons. The normalized spacial score (nSPS) is 22.6. The molecule has 1 saturated carbocycles. The Bertz CT molecular complexity index is 450. The third kappa shape index (κ3) is 3.40. The molecule has 1 aliphatic carbocycles. The van der Waals surface area contributed by atoms with Crippen molar-refractivity contribution in [2.75, 3.05) is 13.1 Å². The molecule has 0 bridgehead atoms. The molecule has 2 atom stereocenters. The van der Waals surface area contributed by atoms with Gasteiger partial charge in [-0.1, -0.05) is 31.0 Å². The van der Waals surface area contributed by atoms with Crippen molar-refractivity contribution in [1.29, 1.82) is 0 Å². The monoisotopic (exact) mass is 274 g/mol. The van der Waals surface area contributed by atoms with Gasteiger partial charge < -0.3 is 11.1 Å². The molecule has 1 aromatic carbocycles. The van der Waals surface area contributed by atoms with Crippen LogP contribution in [0.5, 0.6) is 0 Å². The maximum absolute atomic E-state index is 12.4. The Morgan fingerprint density at radius 3 is 2.40 bits per heavy atom. The Labute approximate surface area is 121 Å². The number of hydrogen-bond acceptors (Lipinski definition) is 2. The highest BCUT2D eigenvalue weighted by molar-refractivity contribution is 5.97. The van der Waals surface area contributed by atoms with Gasteiger partial charge in [0, 0.05) is 12.1 Å². The van der Waals surface area contributed by atoms with Gasteiger partial charge in [0.15, 0.2) is 0 Å². The number of benzene rings is 1. The van der Waals surface area contributed by atoms with Crippen LogP contribution >= 0.6 is 0 Å². The highest BCUT2D eigenvalue weighted by Gasteiger charge is 2.24. The fourth-order valence-electron chi connectivity index (χ4n) is 3.35. The minimum absolute atomic E-state index is 0.0574. The lowest BCUT2D eigenvalue weighted by Gasteiger charge is -2.30. The van der Waals surface area contributed by atoms with E-state index in [9.17, 15) is 4.79 Å². The largest absolute Gasteiger partial charge is 0.352 e. The second-order valence-electron chi connectivity index (χ2n) is 6.02. The van der Waals surface area contributed by atoms with Gasteiger partial charge in [-0.15, -0.1) is 0 Å². The zero-order valence-corrected chi connectivity index (χ0v) is 12.6. The Morgan fingerprint density at radius 1 is 1.20 bits per heavy atom. The van der Waals surface area contributed by atoms with Gasteiger partial charge in [0.2, 0.25) is 0 Å². The second kappa shape index (κ2) is 6.89. The van der Waals surface area contributed by atoms with E-state index < -0.39 is 0 Å². The summed E-state index contributed by atoms with van der Waals surface area (Å²) in [6.45, 7) is 5.48. The molecule has 0 aliphatic heterocycles. The maximum atomic E-state index is 12.4. The minimum atomic E-state index is 0.0574. The molecule has 2 unspecified atom stereocenters. The highest BCUT2D eigenvalue weighted by Crippen LogP contribution is 2.28. The number of hydrogen-bond donors (Lipinski definition) is 2. The molecule has 20 heavy (non-hydrogen) atoms. The summed E-state index contributed by atoms with van der Waals surface area (Å²) in [5.74, 6) is 1.17. The van der Waals surface area contributed by atoms with Crippen LogP contribution in [0.1, 0.15) is 47.2 Å². The smallest absolute Gasteiger partial charge is 0.251 e. The first-order chi connectivity index (χ1) is 9.63. The topological polar surface area (TPSA) is 55.1 Å². The molecule has 2 rings (SSSR count). The summed E-state index contributed by atoms with van der Waals surface area (Å²) in [5.41, 5.74) is 8.76. The van der Waals surface area contributed by atoms with Crippen LogP contribution in [-0.2, 0) is 0 Å². The van der Waals surface area contributed by atoms with Gasteiger partial charge in [-0.3, -0.25) is 4.79 Å². The summed E-state index contributed by atoms with van der Waals surface area (Å²) in [6.07, 6.45) is 4.94. The second-order valence-corrected chi connectivity index (χ2v) is 6.02. The molecular formula is C17H26N2O. The van der Waals surface area contributed by atoms with Crippen molar-refractivity contribution < 1.29 is 4.79 Å². The van der Waals surface area contributed by atoms with Crippen molar-refractivity contribution in [2.24, 2.45) is 17.6 Å². The van der Waals surface area contributed by atoms with Gasteiger partial charge in [0.05, 0.1) is 0 Å². The number of carbonyl (C=O) groups excluding carboxylic acids is 1. The molecule has 0 radical (unpaired) electrons. The molecule has 1 aliphatic rings. The number of amides is 1. The number of aryl methyl sites for hydroxylation is 2. The average Bonchev–Trinajstić information content (AvgIpc) is 2.45. The van der Waals surface area contributed by atoms with E-state index in [2.05, 4.69) is 5.32 Å². The van der Waals surface area contributed by atoms with Crippen LogP contribution in [0.4, 0.5) is 0 Å². The molecule has 3 heteroatoms. The van der Waals surface area contributed by atoms with E-state index in [1.807, 2.05) is 32.0 Å². The molecule has 1 fully saturated rings. The summed E-state index contributed by atoms with van der Waals surface area (Å²) < 4.78 is 0. The molecule has 0 heterocycles. The van der Waals surface area contributed by atoms with Crippen molar-refractivity contribution in [1.82, 2.24) is 5.32 Å². The van der Waals surface area contributed by atoms with Crippen molar-refractivity contribution in [3.63, 3.8) is 0 Å². The van der Waals surface area contributed by atoms with Crippen LogP contribution in [0.3, 0.4) is 0 Å². The molecule has 1 aromatic rings. The lowest BCUT2D eigenvalue weighted by atomic mass is 9.79. The van der Waals surface area contributed by atoms with Crippen LogP contribution < -0.4 is 11.1 Å². The Balaban J connectivity index is 1.98. The lowest BCUT2D eigenvalue weighted by Crippen LogP contribution is -2.37. The Kier molecular flexibility index (Phi) is 5.18. The molecule has 0 saturated heterocycles. The Hall–Kier alpha value is -1.35. The zero-order valence-electron chi connectivity index (χ0n) is 12.6. The van der Waals surface area contributed by atoms with Gasteiger partial charge in [0.25, 0.3) is 5.91 Å². The van der Waals surface area contributed by atoms with Crippen molar-refractivity contribution in [2.45, 2.75) is 39.5 Å². The van der Waals surface area contributed by atoms with E-state index in [1.54, 1.807) is 0 Å². The predicted octanol–water partition coefficient (Wildman–Crippen LogP) is 2.80. The zero-order chi connectivity index (χ0) is 14.5. The first-order valence-electron chi connectivity index (χ1n) is 7.68. The molecular weight excluding hydrogens is 248 g/mol. The quantitative estimate of drug-likeness (QED) is 0.887. The average molecular weight is 274 g/mol. The molecule has 1 amide bonds. The lowest BCUT2D eigenvalue weighted by molar-refractivity contribution is 0.0934. The van der Waals surface area contributed by atoms with E-state index in [0.29, 0.717) is 11.8 Å². The van der Waals surface area contributed by atoms with Gasteiger partial charge in [0.1, 0.15) is 0 Å². The van der Waals surface area contributed by atoms with Crippen LogP contribution in [0.25, 0.3) is 0 Å². The van der Waals surface area contributed by atoms with Crippen LogP contribution in [0.2, 0.25) is 0 Å². The van der Waals surface area contributed by atoms with E-state index in [0.717, 1.165) is 29.8 Å². The van der Waals surface area contributed by atoms with Crippen LogP contribution in [-0.4, -0.2) is 19.0 Å². The van der Waals surface area contributed by atoms with E-state index in [4.69, 9.17) is 5.73 Å². The Morgan fingerprint density at radius 2 is 1.80 bits per heavy atom. The van der Waals surface area contributed by atoms with Crippen LogP contribution in [0.15, 0.2) is 18.2 Å². The number of nitrogens with two attached hydrogens (primary N) is 1.